The second kappa shape index (κ2) is 6.35. The molecule has 0 aliphatic carbocycles. The molecular weight excluding hydrogens is 220 g/mol. The molecule has 0 bridgehead atoms. The Kier molecular flexibility index (Phi) is 4.79. The first-order valence-corrected chi connectivity index (χ1v) is 7.21. The first kappa shape index (κ1) is 13.6. The fourth-order valence-corrected chi connectivity index (χ4v) is 2.91. The van der Waals surface area contributed by atoms with Gasteiger partial charge in [0.25, 0.3) is 0 Å². The summed E-state index contributed by atoms with van der Waals surface area (Å²) >= 11 is 0. The van der Waals surface area contributed by atoms with E-state index in [2.05, 4.69) is 49.2 Å². The van der Waals surface area contributed by atoms with Crippen LogP contribution in [0.2, 0.25) is 0 Å². The van der Waals surface area contributed by atoms with Crippen molar-refractivity contribution in [3.05, 3.63) is 34.9 Å². The first-order chi connectivity index (χ1) is 8.70. The number of likely N-dealkylation sites (N-methyl/N-ethyl adjacent to an activating group) is 1. The number of hydrogen-bond acceptors (Lipinski definition) is 2. The van der Waals surface area contributed by atoms with Gasteiger partial charge in [-0.15, -0.1) is 0 Å². The van der Waals surface area contributed by atoms with E-state index in [-0.39, 0.29) is 0 Å². The Morgan fingerprint density at radius 1 is 1.33 bits per heavy atom. The van der Waals surface area contributed by atoms with Crippen LogP contribution < -0.4 is 5.32 Å². The van der Waals surface area contributed by atoms with Crippen LogP contribution in [0.3, 0.4) is 0 Å². The maximum Gasteiger partial charge on any atom is 0.0221 e. The van der Waals surface area contributed by atoms with Gasteiger partial charge in [0.15, 0.2) is 0 Å². The number of hydrogen-bond donors (Lipinski definition) is 1. The Balaban J connectivity index is 1.83. The highest BCUT2D eigenvalue weighted by molar-refractivity contribution is 5.30. The molecule has 1 aliphatic heterocycles. The van der Waals surface area contributed by atoms with Crippen LogP contribution in [0, 0.1) is 13.8 Å². The number of benzene rings is 1. The molecule has 1 unspecified atom stereocenters. The highest BCUT2D eigenvalue weighted by Crippen LogP contribution is 2.16. The minimum Gasteiger partial charge on any atom is -0.311 e. The van der Waals surface area contributed by atoms with E-state index in [0.29, 0.717) is 0 Å². The van der Waals surface area contributed by atoms with Gasteiger partial charge in [-0.3, -0.25) is 4.90 Å². The van der Waals surface area contributed by atoms with E-state index in [9.17, 15) is 0 Å². The van der Waals surface area contributed by atoms with Crippen molar-refractivity contribution in [1.29, 1.82) is 0 Å². The molecule has 1 aromatic carbocycles. The van der Waals surface area contributed by atoms with Gasteiger partial charge in [-0.05, 0) is 50.9 Å². The maximum absolute atomic E-state index is 3.63. The molecule has 1 saturated heterocycles. The van der Waals surface area contributed by atoms with Crippen molar-refractivity contribution >= 4 is 0 Å². The third kappa shape index (κ3) is 3.33. The Morgan fingerprint density at radius 2 is 2.17 bits per heavy atom. The van der Waals surface area contributed by atoms with E-state index in [1.807, 2.05) is 0 Å². The summed E-state index contributed by atoms with van der Waals surface area (Å²) in [6.07, 6.45) is 2.72. The molecule has 2 nitrogen and oxygen atoms in total. The van der Waals surface area contributed by atoms with E-state index in [1.165, 1.54) is 42.6 Å². The predicted molar refractivity (Wildman–Crippen MR) is 77.9 cm³/mol. The number of nitrogens with one attached hydrogen (secondary N) is 1. The average Bonchev–Trinajstić information content (AvgIpc) is 2.81. The summed E-state index contributed by atoms with van der Waals surface area (Å²) in [6, 6.07) is 7.46. The second-order valence-corrected chi connectivity index (χ2v) is 5.49. The van der Waals surface area contributed by atoms with E-state index >= 15 is 0 Å². The maximum atomic E-state index is 3.63. The molecule has 0 saturated carbocycles. The van der Waals surface area contributed by atoms with Gasteiger partial charge in [0.05, 0.1) is 0 Å². The van der Waals surface area contributed by atoms with Gasteiger partial charge in [0.2, 0.25) is 0 Å². The van der Waals surface area contributed by atoms with Crippen molar-refractivity contribution in [1.82, 2.24) is 10.2 Å². The molecule has 0 radical (unpaired) electrons. The molecule has 1 fully saturated rings. The summed E-state index contributed by atoms with van der Waals surface area (Å²) in [7, 11) is 0. The fraction of sp³-hybridized carbons (Fsp3) is 0.625. The molecule has 1 aliphatic rings. The van der Waals surface area contributed by atoms with Gasteiger partial charge < -0.3 is 5.32 Å². The molecule has 1 aromatic rings. The highest BCUT2D eigenvalue weighted by Gasteiger charge is 2.21. The minimum atomic E-state index is 0.750. The van der Waals surface area contributed by atoms with Crippen LogP contribution >= 0.6 is 0 Å². The zero-order valence-corrected chi connectivity index (χ0v) is 12.0. The van der Waals surface area contributed by atoms with Crippen molar-refractivity contribution in [2.24, 2.45) is 0 Å². The lowest BCUT2D eigenvalue weighted by atomic mass is 10.1. The highest BCUT2D eigenvalue weighted by atomic mass is 15.2. The number of rotatable bonds is 5. The molecule has 1 N–H and O–H groups in total. The molecule has 2 heteroatoms. The molecule has 0 amide bonds. The van der Waals surface area contributed by atoms with Crippen LogP contribution in [0.25, 0.3) is 0 Å². The quantitative estimate of drug-likeness (QED) is 0.859. The largest absolute Gasteiger partial charge is 0.311 e. The van der Waals surface area contributed by atoms with Crippen molar-refractivity contribution in [2.45, 2.75) is 46.2 Å². The number of likely N-dealkylation sites (tertiary alicyclic amines) is 1. The van der Waals surface area contributed by atoms with E-state index in [1.54, 1.807) is 0 Å². The molecule has 0 spiro atoms. The number of nitrogens with zero attached hydrogens (tertiary/aromatic N) is 1. The fourth-order valence-electron chi connectivity index (χ4n) is 2.91. The molecule has 1 heterocycles. The summed E-state index contributed by atoms with van der Waals surface area (Å²) in [5.74, 6) is 0. The van der Waals surface area contributed by atoms with Gasteiger partial charge in [-0.2, -0.15) is 0 Å². The predicted octanol–water partition coefficient (Wildman–Crippen LogP) is 2.88. The van der Waals surface area contributed by atoms with Crippen LogP contribution in [-0.2, 0) is 6.54 Å². The molecule has 1 atom stereocenters. The number of aryl methyl sites for hydroxylation is 2. The van der Waals surface area contributed by atoms with E-state index < -0.39 is 0 Å². The van der Waals surface area contributed by atoms with Gasteiger partial charge in [0, 0.05) is 19.1 Å². The van der Waals surface area contributed by atoms with Crippen molar-refractivity contribution in [3.63, 3.8) is 0 Å². The monoisotopic (exact) mass is 246 g/mol. The lowest BCUT2D eigenvalue weighted by Gasteiger charge is -2.23. The van der Waals surface area contributed by atoms with Crippen LogP contribution in [-0.4, -0.2) is 30.6 Å². The lowest BCUT2D eigenvalue weighted by molar-refractivity contribution is 0.260. The third-order valence-electron chi connectivity index (χ3n) is 4.11. The summed E-state index contributed by atoms with van der Waals surface area (Å²) < 4.78 is 0. The van der Waals surface area contributed by atoms with Crippen LogP contribution in [0.5, 0.6) is 0 Å². The van der Waals surface area contributed by atoms with Gasteiger partial charge in [0.1, 0.15) is 0 Å². The molecule has 100 valence electrons. The van der Waals surface area contributed by atoms with E-state index in [0.717, 1.165) is 19.1 Å². The Labute approximate surface area is 111 Å². The Hall–Kier alpha value is -0.860. The standard InChI is InChI=1S/C16H26N2/c1-4-18-9-5-6-16(18)12-17-11-15-10-13(2)7-8-14(15)3/h7-8,10,16-17H,4-6,9,11-12H2,1-3H3. The normalized spacial score (nSPS) is 20.5. The summed E-state index contributed by atoms with van der Waals surface area (Å²) in [5.41, 5.74) is 4.19. The zero-order valence-electron chi connectivity index (χ0n) is 12.0. The average molecular weight is 246 g/mol. The van der Waals surface area contributed by atoms with Crippen molar-refractivity contribution < 1.29 is 0 Å². The van der Waals surface area contributed by atoms with Gasteiger partial charge in [-0.25, -0.2) is 0 Å². The van der Waals surface area contributed by atoms with Crippen molar-refractivity contribution in [3.8, 4) is 0 Å². The third-order valence-corrected chi connectivity index (χ3v) is 4.11. The lowest BCUT2D eigenvalue weighted by Crippen LogP contribution is -2.37. The van der Waals surface area contributed by atoms with Crippen LogP contribution in [0.1, 0.15) is 36.5 Å². The topological polar surface area (TPSA) is 15.3 Å². The Morgan fingerprint density at radius 3 is 2.94 bits per heavy atom. The minimum absolute atomic E-state index is 0.750. The van der Waals surface area contributed by atoms with Gasteiger partial charge >= 0.3 is 0 Å². The Bertz CT molecular complexity index is 387. The zero-order chi connectivity index (χ0) is 13.0. The summed E-state index contributed by atoms with van der Waals surface area (Å²) in [6.45, 7) is 11.2. The second-order valence-electron chi connectivity index (χ2n) is 5.49. The summed E-state index contributed by atoms with van der Waals surface area (Å²) in [4.78, 5) is 2.59. The smallest absolute Gasteiger partial charge is 0.0221 e. The SMILES string of the molecule is CCN1CCCC1CNCc1cc(C)ccc1C. The first-order valence-electron chi connectivity index (χ1n) is 7.21. The van der Waals surface area contributed by atoms with Crippen LogP contribution in [0.15, 0.2) is 18.2 Å². The molecule has 0 aromatic heterocycles. The van der Waals surface area contributed by atoms with E-state index in [4.69, 9.17) is 0 Å². The van der Waals surface area contributed by atoms with Gasteiger partial charge in [-0.1, -0.05) is 30.7 Å². The van der Waals surface area contributed by atoms with Crippen LogP contribution in [0.4, 0.5) is 0 Å². The van der Waals surface area contributed by atoms with Crippen molar-refractivity contribution in [2.75, 3.05) is 19.6 Å². The molecule has 2 rings (SSSR count). The summed E-state index contributed by atoms with van der Waals surface area (Å²) in [5, 5.41) is 3.63. The molecular formula is C16H26N2. The molecule has 18 heavy (non-hydrogen) atoms.